The summed E-state index contributed by atoms with van der Waals surface area (Å²) >= 11 is 0. The van der Waals surface area contributed by atoms with E-state index in [1.165, 1.54) is 18.2 Å². The Bertz CT molecular complexity index is 839. The van der Waals surface area contributed by atoms with Crippen molar-refractivity contribution in [3.05, 3.63) is 71.8 Å². The summed E-state index contributed by atoms with van der Waals surface area (Å²) in [5, 5.41) is 22.7. The van der Waals surface area contributed by atoms with Gasteiger partial charge in [0.05, 0.1) is 5.56 Å². The van der Waals surface area contributed by atoms with Crippen molar-refractivity contribution in [2.24, 2.45) is 0 Å². The van der Waals surface area contributed by atoms with Crippen molar-refractivity contribution in [2.75, 3.05) is 0 Å². The molecule has 3 aromatic carbocycles. The first-order valence-corrected chi connectivity index (χ1v) is 6.78. The number of carboxylic acids is 1. The number of rotatable bonds is 4. The van der Waals surface area contributed by atoms with Crippen LogP contribution in [-0.2, 0) is 6.61 Å². The Labute approximate surface area is 127 Å². The molecule has 0 aliphatic heterocycles. The van der Waals surface area contributed by atoms with Crippen molar-refractivity contribution in [2.45, 2.75) is 6.61 Å². The number of benzene rings is 3. The molecule has 3 aromatic rings. The maximum Gasteiger partial charge on any atom is 0.335 e. The molecule has 4 nitrogen and oxygen atoms in total. The standard InChI is InChI=1S/C18H14O4/c19-17-10-15(7-8-16(17)18(20)21)22-11-12-5-6-13-3-1-2-4-14(13)9-12/h1-10,19H,11H2,(H,20,21)/p-1. The van der Waals surface area contributed by atoms with E-state index < -0.39 is 11.7 Å². The monoisotopic (exact) mass is 293 g/mol. The molecule has 0 aliphatic rings. The van der Waals surface area contributed by atoms with Crippen LogP contribution in [0.5, 0.6) is 11.5 Å². The SMILES string of the molecule is O=C(O)c1ccc(OCc2ccc3ccccc3c2)cc1[O-]. The van der Waals surface area contributed by atoms with Crippen LogP contribution in [0, 0.1) is 0 Å². The van der Waals surface area contributed by atoms with E-state index in [0.29, 0.717) is 12.4 Å². The summed E-state index contributed by atoms with van der Waals surface area (Å²) in [4.78, 5) is 10.8. The van der Waals surface area contributed by atoms with Crippen LogP contribution in [0.2, 0.25) is 0 Å². The maximum absolute atomic E-state index is 11.6. The van der Waals surface area contributed by atoms with E-state index in [2.05, 4.69) is 0 Å². The zero-order valence-electron chi connectivity index (χ0n) is 11.7. The fourth-order valence-electron chi connectivity index (χ4n) is 2.26. The first-order chi connectivity index (χ1) is 10.6. The lowest BCUT2D eigenvalue weighted by Crippen LogP contribution is -2.04. The Morgan fingerprint density at radius 3 is 2.50 bits per heavy atom. The van der Waals surface area contributed by atoms with Crippen molar-refractivity contribution >= 4 is 16.7 Å². The molecular weight excluding hydrogens is 280 g/mol. The smallest absolute Gasteiger partial charge is 0.335 e. The van der Waals surface area contributed by atoms with Crippen LogP contribution in [0.3, 0.4) is 0 Å². The largest absolute Gasteiger partial charge is 0.872 e. The molecule has 0 saturated heterocycles. The first-order valence-electron chi connectivity index (χ1n) is 6.78. The summed E-state index contributed by atoms with van der Waals surface area (Å²) in [7, 11) is 0. The minimum absolute atomic E-state index is 0.252. The Morgan fingerprint density at radius 2 is 1.77 bits per heavy atom. The third kappa shape index (κ3) is 2.86. The van der Waals surface area contributed by atoms with Crippen LogP contribution < -0.4 is 9.84 Å². The Balaban J connectivity index is 1.76. The minimum atomic E-state index is -1.23. The third-order valence-corrected chi connectivity index (χ3v) is 3.40. The van der Waals surface area contributed by atoms with Crippen LogP contribution in [0.15, 0.2) is 60.7 Å². The molecular formula is C18H13O4-. The second-order valence-corrected chi connectivity index (χ2v) is 4.93. The van der Waals surface area contributed by atoms with Gasteiger partial charge in [0.2, 0.25) is 0 Å². The van der Waals surface area contributed by atoms with E-state index >= 15 is 0 Å². The number of carbonyl (C=O) groups is 1. The predicted octanol–water partition coefficient (Wildman–Crippen LogP) is 3.19. The lowest BCUT2D eigenvalue weighted by Gasteiger charge is -2.13. The maximum atomic E-state index is 11.6. The molecule has 0 bridgehead atoms. The summed E-state index contributed by atoms with van der Waals surface area (Å²) in [6.45, 7) is 0.316. The summed E-state index contributed by atoms with van der Waals surface area (Å²) in [6, 6.07) is 18.0. The number of fused-ring (bicyclic) bond motifs is 1. The van der Waals surface area contributed by atoms with Crippen molar-refractivity contribution in [3.8, 4) is 11.5 Å². The van der Waals surface area contributed by atoms with Crippen molar-refractivity contribution in [1.29, 1.82) is 0 Å². The van der Waals surface area contributed by atoms with E-state index in [1.54, 1.807) is 0 Å². The molecule has 1 N–H and O–H groups in total. The molecule has 22 heavy (non-hydrogen) atoms. The van der Waals surface area contributed by atoms with Gasteiger partial charge in [-0.15, -0.1) is 0 Å². The zero-order chi connectivity index (χ0) is 15.5. The van der Waals surface area contributed by atoms with Crippen LogP contribution >= 0.6 is 0 Å². The fraction of sp³-hybridized carbons (Fsp3) is 0.0556. The molecule has 0 amide bonds. The highest BCUT2D eigenvalue weighted by molar-refractivity contribution is 5.90. The third-order valence-electron chi connectivity index (χ3n) is 3.40. The van der Waals surface area contributed by atoms with E-state index in [9.17, 15) is 9.90 Å². The van der Waals surface area contributed by atoms with E-state index in [1.807, 2.05) is 42.5 Å². The molecule has 0 unspecified atom stereocenters. The van der Waals surface area contributed by atoms with Gasteiger partial charge in [0.15, 0.2) is 0 Å². The molecule has 0 heterocycles. The highest BCUT2D eigenvalue weighted by Crippen LogP contribution is 2.23. The average molecular weight is 293 g/mol. The predicted molar refractivity (Wildman–Crippen MR) is 81.1 cm³/mol. The van der Waals surface area contributed by atoms with Crippen LogP contribution in [-0.4, -0.2) is 11.1 Å². The summed E-state index contributed by atoms with van der Waals surface area (Å²) in [5.41, 5.74) is 0.728. The molecule has 0 saturated carbocycles. The van der Waals surface area contributed by atoms with Gasteiger partial charge in [-0.1, -0.05) is 42.1 Å². The lowest BCUT2D eigenvalue weighted by atomic mass is 10.1. The first kappa shape index (κ1) is 13.9. The lowest BCUT2D eigenvalue weighted by molar-refractivity contribution is -0.268. The molecule has 110 valence electrons. The number of aromatic carboxylic acids is 1. The van der Waals surface area contributed by atoms with E-state index in [-0.39, 0.29) is 5.56 Å². The van der Waals surface area contributed by atoms with Gasteiger partial charge in [0.1, 0.15) is 12.4 Å². The van der Waals surface area contributed by atoms with E-state index in [0.717, 1.165) is 16.3 Å². The quantitative estimate of drug-likeness (QED) is 0.802. The molecule has 0 aromatic heterocycles. The van der Waals surface area contributed by atoms with Gasteiger partial charge in [-0.3, -0.25) is 0 Å². The van der Waals surface area contributed by atoms with Crippen LogP contribution in [0.25, 0.3) is 10.8 Å². The van der Waals surface area contributed by atoms with Crippen molar-refractivity contribution in [3.63, 3.8) is 0 Å². The number of hydrogen-bond donors (Lipinski definition) is 1. The van der Waals surface area contributed by atoms with Gasteiger partial charge in [-0.25, -0.2) is 4.79 Å². The fourth-order valence-corrected chi connectivity index (χ4v) is 2.26. The van der Waals surface area contributed by atoms with Gasteiger partial charge >= 0.3 is 5.97 Å². The number of carboxylic acid groups (broad SMARTS) is 1. The highest BCUT2D eigenvalue weighted by atomic mass is 16.5. The molecule has 3 rings (SSSR count). The number of ether oxygens (including phenoxy) is 1. The average Bonchev–Trinajstić information content (AvgIpc) is 2.52. The Morgan fingerprint density at radius 1 is 1.00 bits per heavy atom. The van der Waals surface area contributed by atoms with Gasteiger partial charge in [0.25, 0.3) is 0 Å². The summed E-state index contributed by atoms with van der Waals surface area (Å²) in [5.74, 6) is -1.42. The highest BCUT2D eigenvalue weighted by Gasteiger charge is 2.05. The van der Waals surface area contributed by atoms with Gasteiger partial charge < -0.3 is 14.9 Å². The van der Waals surface area contributed by atoms with Crippen molar-refractivity contribution < 1.29 is 19.7 Å². The molecule has 0 spiro atoms. The van der Waals surface area contributed by atoms with Gasteiger partial charge in [-0.05, 0) is 40.6 Å². The second-order valence-electron chi connectivity index (χ2n) is 4.93. The van der Waals surface area contributed by atoms with E-state index in [4.69, 9.17) is 9.84 Å². The summed E-state index contributed by atoms with van der Waals surface area (Å²) in [6.07, 6.45) is 0. The van der Waals surface area contributed by atoms with Crippen LogP contribution in [0.1, 0.15) is 15.9 Å². The minimum Gasteiger partial charge on any atom is -0.872 e. The van der Waals surface area contributed by atoms with Gasteiger partial charge in [0, 0.05) is 0 Å². The Hall–Kier alpha value is -3.01. The normalized spacial score (nSPS) is 10.5. The van der Waals surface area contributed by atoms with Gasteiger partial charge in [-0.2, -0.15) is 0 Å². The molecule has 0 radical (unpaired) electrons. The Kier molecular flexibility index (Phi) is 3.66. The molecule has 4 heteroatoms. The molecule has 0 fully saturated rings. The second kappa shape index (κ2) is 5.77. The van der Waals surface area contributed by atoms with Crippen molar-refractivity contribution in [1.82, 2.24) is 0 Å². The molecule has 0 aliphatic carbocycles. The number of hydrogen-bond acceptors (Lipinski definition) is 3. The summed E-state index contributed by atoms with van der Waals surface area (Å²) < 4.78 is 5.56. The zero-order valence-corrected chi connectivity index (χ0v) is 11.7. The van der Waals surface area contributed by atoms with Crippen LogP contribution in [0.4, 0.5) is 0 Å². The topological polar surface area (TPSA) is 69.6 Å². The molecule has 0 atom stereocenters.